The van der Waals surface area contributed by atoms with Gasteiger partial charge in [0.05, 0.1) is 6.61 Å². The van der Waals surface area contributed by atoms with Crippen molar-refractivity contribution >= 4 is 17.3 Å². The molecule has 0 spiro atoms. The van der Waals surface area contributed by atoms with Gasteiger partial charge >= 0.3 is 0 Å². The van der Waals surface area contributed by atoms with Gasteiger partial charge in [0.2, 0.25) is 0 Å². The lowest BCUT2D eigenvalue weighted by Gasteiger charge is -2.19. The van der Waals surface area contributed by atoms with E-state index in [1.807, 2.05) is 43.3 Å². The number of hydrogen-bond acceptors (Lipinski definition) is 4. The molecule has 0 bridgehead atoms. The van der Waals surface area contributed by atoms with Crippen molar-refractivity contribution in [3.05, 3.63) is 47.0 Å². The van der Waals surface area contributed by atoms with Gasteiger partial charge in [-0.05, 0) is 37.3 Å². The maximum atomic E-state index is 6.07. The Bertz CT molecular complexity index is 660. The van der Waals surface area contributed by atoms with Crippen LogP contribution in [0.5, 0.6) is 17.2 Å². The Kier molecular flexibility index (Phi) is 4.59. The molecule has 1 heterocycles. The fraction of sp³-hybridized carbons (Fsp3) is 0.294. The van der Waals surface area contributed by atoms with Crippen LogP contribution in [0.15, 0.2) is 36.4 Å². The molecule has 0 saturated heterocycles. The fourth-order valence-electron chi connectivity index (χ4n) is 2.33. The molecule has 1 N–H and O–H groups in total. The molecule has 2 aromatic carbocycles. The van der Waals surface area contributed by atoms with E-state index in [2.05, 4.69) is 5.32 Å². The van der Waals surface area contributed by atoms with Gasteiger partial charge in [-0.15, -0.1) is 0 Å². The first-order valence-corrected chi connectivity index (χ1v) is 7.69. The minimum atomic E-state index is 0.583. The van der Waals surface area contributed by atoms with Crippen LogP contribution in [-0.4, -0.2) is 19.8 Å². The second kappa shape index (κ2) is 6.79. The van der Waals surface area contributed by atoms with Crippen molar-refractivity contribution in [3.63, 3.8) is 0 Å². The van der Waals surface area contributed by atoms with Crippen LogP contribution in [0.4, 0.5) is 5.69 Å². The van der Waals surface area contributed by atoms with E-state index < -0.39 is 0 Å². The Morgan fingerprint density at radius 3 is 2.73 bits per heavy atom. The highest BCUT2D eigenvalue weighted by molar-refractivity contribution is 6.30. The zero-order valence-electron chi connectivity index (χ0n) is 12.4. The van der Waals surface area contributed by atoms with Gasteiger partial charge in [0.25, 0.3) is 0 Å². The Balaban J connectivity index is 1.73. The highest BCUT2D eigenvalue weighted by Gasteiger charge is 2.12. The van der Waals surface area contributed by atoms with Crippen LogP contribution in [-0.2, 0) is 6.54 Å². The lowest BCUT2D eigenvalue weighted by molar-refractivity contribution is 0.171. The summed E-state index contributed by atoms with van der Waals surface area (Å²) in [6, 6.07) is 11.5. The summed E-state index contributed by atoms with van der Waals surface area (Å²) in [5, 5.41) is 4.06. The molecular formula is C17H18ClNO3. The molecule has 0 fully saturated rings. The molecule has 2 aromatic rings. The zero-order valence-corrected chi connectivity index (χ0v) is 13.2. The number of anilines is 1. The SMILES string of the molecule is CCOc1ccc(Cl)cc1CNc1ccc2c(c1)OCCO2. The third kappa shape index (κ3) is 3.39. The zero-order chi connectivity index (χ0) is 15.4. The van der Waals surface area contributed by atoms with Gasteiger partial charge in [-0.1, -0.05) is 11.6 Å². The molecule has 5 heteroatoms. The Morgan fingerprint density at radius 1 is 1.09 bits per heavy atom. The first-order valence-electron chi connectivity index (χ1n) is 7.31. The van der Waals surface area contributed by atoms with E-state index in [-0.39, 0.29) is 0 Å². The standard InChI is InChI=1S/C17H18ClNO3/c1-2-20-15-5-3-13(18)9-12(15)11-19-14-4-6-16-17(10-14)22-8-7-21-16/h3-6,9-10,19H,2,7-8,11H2,1H3. The molecule has 0 atom stereocenters. The van der Waals surface area contributed by atoms with Crippen molar-refractivity contribution in [2.45, 2.75) is 13.5 Å². The van der Waals surface area contributed by atoms with Gasteiger partial charge in [0.15, 0.2) is 11.5 Å². The minimum absolute atomic E-state index is 0.583. The van der Waals surface area contributed by atoms with Crippen LogP contribution in [0.1, 0.15) is 12.5 Å². The number of fused-ring (bicyclic) bond motifs is 1. The summed E-state index contributed by atoms with van der Waals surface area (Å²) in [4.78, 5) is 0. The summed E-state index contributed by atoms with van der Waals surface area (Å²) in [5.74, 6) is 2.40. The molecule has 4 nitrogen and oxygen atoms in total. The maximum absolute atomic E-state index is 6.07. The smallest absolute Gasteiger partial charge is 0.163 e. The highest BCUT2D eigenvalue weighted by Crippen LogP contribution is 2.33. The lowest BCUT2D eigenvalue weighted by atomic mass is 10.2. The van der Waals surface area contributed by atoms with Crippen LogP contribution in [0, 0.1) is 0 Å². The quantitative estimate of drug-likeness (QED) is 0.899. The van der Waals surface area contributed by atoms with Gasteiger partial charge in [-0.25, -0.2) is 0 Å². The van der Waals surface area contributed by atoms with Crippen LogP contribution in [0.3, 0.4) is 0 Å². The molecule has 1 aliphatic rings. The van der Waals surface area contributed by atoms with Crippen molar-refractivity contribution in [3.8, 4) is 17.2 Å². The Hall–Kier alpha value is -2.07. The van der Waals surface area contributed by atoms with Crippen molar-refractivity contribution in [2.24, 2.45) is 0 Å². The summed E-state index contributed by atoms with van der Waals surface area (Å²) in [7, 11) is 0. The van der Waals surface area contributed by atoms with E-state index in [0.717, 1.165) is 28.5 Å². The van der Waals surface area contributed by atoms with E-state index in [0.29, 0.717) is 31.4 Å². The number of nitrogens with one attached hydrogen (secondary N) is 1. The second-order valence-corrected chi connectivity index (χ2v) is 5.33. The molecule has 116 valence electrons. The van der Waals surface area contributed by atoms with E-state index in [1.54, 1.807) is 0 Å². The second-order valence-electron chi connectivity index (χ2n) is 4.90. The number of rotatable bonds is 5. The monoisotopic (exact) mass is 319 g/mol. The minimum Gasteiger partial charge on any atom is -0.494 e. The molecule has 3 rings (SSSR count). The fourth-order valence-corrected chi connectivity index (χ4v) is 2.53. The number of benzene rings is 2. The third-order valence-corrected chi connectivity index (χ3v) is 3.58. The van der Waals surface area contributed by atoms with E-state index in [9.17, 15) is 0 Å². The molecule has 0 amide bonds. The summed E-state index contributed by atoms with van der Waals surface area (Å²) in [5.41, 5.74) is 1.98. The van der Waals surface area contributed by atoms with Crippen LogP contribution >= 0.6 is 11.6 Å². The topological polar surface area (TPSA) is 39.7 Å². The van der Waals surface area contributed by atoms with E-state index in [4.69, 9.17) is 25.8 Å². The first-order chi connectivity index (χ1) is 10.8. The molecule has 0 aromatic heterocycles. The molecule has 0 aliphatic carbocycles. The Morgan fingerprint density at radius 2 is 1.91 bits per heavy atom. The van der Waals surface area contributed by atoms with Gasteiger partial charge in [0, 0.05) is 28.9 Å². The largest absolute Gasteiger partial charge is 0.494 e. The van der Waals surface area contributed by atoms with E-state index >= 15 is 0 Å². The van der Waals surface area contributed by atoms with E-state index in [1.165, 1.54) is 0 Å². The van der Waals surface area contributed by atoms with Gasteiger partial charge < -0.3 is 19.5 Å². The normalized spacial score (nSPS) is 12.8. The number of hydrogen-bond donors (Lipinski definition) is 1. The number of ether oxygens (including phenoxy) is 3. The van der Waals surface area contributed by atoms with Crippen molar-refractivity contribution in [1.82, 2.24) is 0 Å². The highest BCUT2D eigenvalue weighted by atomic mass is 35.5. The van der Waals surface area contributed by atoms with Gasteiger partial charge in [0.1, 0.15) is 19.0 Å². The summed E-state index contributed by atoms with van der Waals surface area (Å²) < 4.78 is 16.7. The summed E-state index contributed by atoms with van der Waals surface area (Å²) >= 11 is 6.07. The third-order valence-electron chi connectivity index (χ3n) is 3.35. The van der Waals surface area contributed by atoms with Gasteiger partial charge in [-0.2, -0.15) is 0 Å². The maximum Gasteiger partial charge on any atom is 0.163 e. The molecule has 0 unspecified atom stereocenters. The number of halogens is 1. The van der Waals surface area contributed by atoms with Crippen molar-refractivity contribution in [2.75, 3.05) is 25.1 Å². The van der Waals surface area contributed by atoms with Gasteiger partial charge in [-0.3, -0.25) is 0 Å². The van der Waals surface area contributed by atoms with Crippen LogP contribution in [0.25, 0.3) is 0 Å². The summed E-state index contributed by atoms with van der Waals surface area (Å²) in [6.45, 7) is 4.39. The van der Waals surface area contributed by atoms with Crippen LogP contribution in [0.2, 0.25) is 5.02 Å². The van der Waals surface area contributed by atoms with Crippen molar-refractivity contribution < 1.29 is 14.2 Å². The molecular weight excluding hydrogens is 302 g/mol. The molecule has 1 aliphatic heterocycles. The predicted molar refractivity (Wildman–Crippen MR) is 87.4 cm³/mol. The molecule has 22 heavy (non-hydrogen) atoms. The molecule has 0 radical (unpaired) electrons. The van der Waals surface area contributed by atoms with Crippen molar-refractivity contribution in [1.29, 1.82) is 0 Å². The predicted octanol–water partition coefficient (Wildman–Crippen LogP) is 4.12. The van der Waals surface area contributed by atoms with Crippen LogP contribution < -0.4 is 19.5 Å². The summed E-state index contributed by atoms with van der Waals surface area (Å²) in [6.07, 6.45) is 0. The lowest BCUT2D eigenvalue weighted by Crippen LogP contribution is -2.15. The molecule has 0 saturated carbocycles. The average molecular weight is 320 g/mol. The Labute approximate surface area is 135 Å². The average Bonchev–Trinajstić information content (AvgIpc) is 2.55. The first kappa shape index (κ1) is 14.9.